The molecule has 0 unspecified atom stereocenters. The van der Waals surface area contributed by atoms with E-state index in [9.17, 15) is 0 Å². The van der Waals surface area contributed by atoms with Gasteiger partial charge in [-0.1, -0.05) is 170 Å². The number of furan rings is 1. The van der Waals surface area contributed by atoms with E-state index in [1.54, 1.807) is 0 Å². The Morgan fingerprint density at radius 1 is 0.279 bits per heavy atom. The number of rotatable bonds is 9. The SMILES string of the molecule is c1ccc(N(c2ccccc2)c2ccc(N(c3ccc(-c4ccc(-n5c6ccccc6c6ccccc65)cc4)cc3)c3ccc(-c4cccc5c4oc4ccccc45)cc3)c3ccccc23)cc1. The maximum Gasteiger partial charge on any atom is 0.143 e. The van der Waals surface area contributed by atoms with E-state index in [1.165, 1.54) is 21.8 Å². The fourth-order valence-corrected chi connectivity index (χ4v) is 10.2. The molecular formula is C64H43N3O. The van der Waals surface area contributed by atoms with Crippen LogP contribution in [0.2, 0.25) is 0 Å². The average Bonchev–Trinajstić information content (AvgIpc) is 3.97. The Hall–Kier alpha value is -9.12. The highest BCUT2D eigenvalue weighted by Gasteiger charge is 2.22. The number of benzene rings is 11. The van der Waals surface area contributed by atoms with Gasteiger partial charge in [-0.2, -0.15) is 0 Å². The first-order chi connectivity index (χ1) is 33.7. The van der Waals surface area contributed by atoms with Gasteiger partial charge >= 0.3 is 0 Å². The van der Waals surface area contributed by atoms with Crippen molar-refractivity contribution in [2.45, 2.75) is 0 Å². The van der Waals surface area contributed by atoms with E-state index in [1.807, 2.05) is 12.1 Å². The minimum atomic E-state index is 0.897. The number of hydrogen-bond acceptors (Lipinski definition) is 3. The summed E-state index contributed by atoms with van der Waals surface area (Å²) in [4.78, 5) is 4.74. The van der Waals surface area contributed by atoms with Crippen LogP contribution in [-0.4, -0.2) is 4.57 Å². The molecule has 0 spiro atoms. The first-order valence-corrected chi connectivity index (χ1v) is 23.2. The van der Waals surface area contributed by atoms with Crippen molar-refractivity contribution in [1.82, 2.24) is 4.57 Å². The van der Waals surface area contributed by atoms with Crippen LogP contribution in [0.3, 0.4) is 0 Å². The molecule has 0 radical (unpaired) electrons. The van der Waals surface area contributed by atoms with E-state index >= 15 is 0 Å². The molecule has 0 aliphatic heterocycles. The summed E-state index contributed by atoms with van der Waals surface area (Å²) in [6.45, 7) is 0. The third kappa shape index (κ3) is 6.61. The van der Waals surface area contributed by atoms with Gasteiger partial charge in [0, 0.05) is 66.3 Å². The number of aromatic nitrogens is 1. The van der Waals surface area contributed by atoms with Crippen molar-refractivity contribution in [3.63, 3.8) is 0 Å². The lowest BCUT2D eigenvalue weighted by Gasteiger charge is -2.30. The molecule has 4 heteroatoms. The van der Waals surface area contributed by atoms with E-state index in [-0.39, 0.29) is 0 Å². The van der Waals surface area contributed by atoms with Crippen molar-refractivity contribution in [1.29, 1.82) is 0 Å². The predicted octanol–water partition coefficient (Wildman–Crippen LogP) is 18.1. The third-order valence-corrected chi connectivity index (χ3v) is 13.4. The van der Waals surface area contributed by atoms with Gasteiger partial charge in [-0.05, 0) is 108 Å². The minimum Gasteiger partial charge on any atom is -0.455 e. The molecule has 13 rings (SSSR count). The van der Waals surface area contributed by atoms with Gasteiger partial charge < -0.3 is 18.8 Å². The Kier molecular flexibility index (Phi) is 9.47. The molecule has 0 aliphatic carbocycles. The summed E-state index contributed by atoms with van der Waals surface area (Å²) in [5.41, 5.74) is 16.3. The highest BCUT2D eigenvalue weighted by Crippen LogP contribution is 2.46. The second kappa shape index (κ2) is 16.4. The van der Waals surface area contributed by atoms with Crippen LogP contribution in [0, 0.1) is 0 Å². The number of hydrogen-bond donors (Lipinski definition) is 0. The van der Waals surface area contributed by atoms with Gasteiger partial charge in [0.05, 0.1) is 22.4 Å². The molecule has 0 bridgehead atoms. The standard InChI is InChI=1S/C64H43N3O/c1-3-16-47(17-4-1)65(48-18-5-2-6-19-48)61-42-43-62(56-21-8-7-20-55(56)61)66(50-40-34-46(35-41-50)52-25-15-26-58-57-24-11-14-29-63(57)68-64(52)58)49-36-30-44(31-37-49)45-32-38-51(39-33-45)67-59-27-12-9-22-53(59)54-23-10-13-28-60(54)67/h1-43H. The number of fused-ring (bicyclic) bond motifs is 7. The smallest absolute Gasteiger partial charge is 0.143 e. The molecule has 68 heavy (non-hydrogen) atoms. The van der Waals surface area contributed by atoms with Crippen molar-refractivity contribution in [3.8, 4) is 27.9 Å². The number of nitrogens with zero attached hydrogens (tertiary/aromatic N) is 3. The van der Waals surface area contributed by atoms with Gasteiger partial charge in [-0.3, -0.25) is 0 Å². The number of para-hydroxylation sites is 6. The van der Waals surface area contributed by atoms with Crippen molar-refractivity contribution in [3.05, 3.63) is 261 Å². The molecule has 2 heterocycles. The van der Waals surface area contributed by atoms with Gasteiger partial charge in [-0.15, -0.1) is 0 Å². The van der Waals surface area contributed by atoms with Crippen molar-refractivity contribution in [2.75, 3.05) is 9.80 Å². The van der Waals surface area contributed by atoms with Crippen molar-refractivity contribution in [2.24, 2.45) is 0 Å². The molecule has 0 saturated heterocycles. The summed E-state index contributed by atoms with van der Waals surface area (Å²) in [6.07, 6.45) is 0. The summed E-state index contributed by atoms with van der Waals surface area (Å²) in [5.74, 6) is 0. The molecule has 2 aromatic heterocycles. The second-order valence-corrected chi connectivity index (χ2v) is 17.3. The Morgan fingerprint density at radius 3 is 1.24 bits per heavy atom. The van der Waals surface area contributed by atoms with E-state index in [4.69, 9.17) is 4.42 Å². The van der Waals surface area contributed by atoms with Gasteiger partial charge in [0.1, 0.15) is 11.2 Å². The van der Waals surface area contributed by atoms with Gasteiger partial charge in [0.15, 0.2) is 0 Å². The van der Waals surface area contributed by atoms with Crippen LogP contribution in [0.15, 0.2) is 265 Å². The summed E-state index contributed by atoms with van der Waals surface area (Å²) in [7, 11) is 0. The summed E-state index contributed by atoms with van der Waals surface area (Å²) in [5, 5.41) is 7.06. The molecule has 4 nitrogen and oxygen atoms in total. The van der Waals surface area contributed by atoms with Crippen LogP contribution in [0.1, 0.15) is 0 Å². The molecule has 0 atom stereocenters. The molecule has 0 N–H and O–H groups in total. The minimum absolute atomic E-state index is 0.897. The second-order valence-electron chi connectivity index (χ2n) is 17.3. The predicted molar refractivity (Wildman–Crippen MR) is 286 cm³/mol. The lowest BCUT2D eigenvalue weighted by Crippen LogP contribution is -2.13. The lowest BCUT2D eigenvalue weighted by molar-refractivity contribution is 0.670. The van der Waals surface area contributed by atoms with Gasteiger partial charge in [-0.25, -0.2) is 0 Å². The maximum absolute atomic E-state index is 6.49. The highest BCUT2D eigenvalue weighted by molar-refractivity contribution is 6.11. The topological polar surface area (TPSA) is 24.6 Å². The zero-order chi connectivity index (χ0) is 45.0. The Labute approximate surface area is 394 Å². The molecule has 320 valence electrons. The number of anilines is 6. The van der Waals surface area contributed by atoms with Gasteiger partial charge in [0.2, 0.25) is 0 Å². The van der Waals surface area contributed by atoms with Crippen LogP contribution in [0.4, 0.5) is 34.1 Å². The molecule has 13 aromatic rings. The molecule has 0 saturated carbocycles. The first kappa shape index (κ1) is 39.3. The molecule has 0 amide bonds. The first-order valence-electron chi connectivity index (χ1n) is 23.2. The Bertz CT molecular complexity index is 3850. The third-order valence-electron chi connectivity index (χ3n) is 13.4. The fraction of sp³-hybridized carbons (Fsp3) is 0. The van der Waals surface area contributed by atoms with Crippen LogP contribution in [0.25, 0.3) is 82.5 Å². The van der Waals surface area contributed by atoms with Gasteiger partial charge in [0.25, 0.3) is 0 Å². The van der Waals surface area contributed by atoms with E-state index in [0.717, 1.165) is 94.8 Å². The van der Waals surface area contributed by atoms with Crippen LogP contribution in [0.5, 0.6) is 0 Å². The molecule has 0 aliphatic rings. The fourth-order valence-electron chi connectivity index (χ4n) is 10.2. The Balaban J connectivity index is 0.923. The normalized spacial score (nSPS) is 11.5. The highest BCUT2D eigenvalue weighted by atomic mass is 16.3. The molecular weight excluding hydrogens is 827 g/mol. The summed E-state index contributed by atoms with van der Waals surface area (Å²) >= 11 is 0. The van der Waals surface area contributed by atoms with Crippen LogP contribution >= 0.6 is 0 Å². The average molecular weight is 870 g/mol. The zero-order valence-electron chi connectivity index (χ0n) is 37.1. The van der Waals surface area contributed by atoms with E-state index in [2.05, 4.69) is 263 Å². The summed E-state index contributed by atoms with van der Waals surface area (Å²) < 4.78 is 8.86. The van der Waals surface area contributed by atoms with Crippen LogP contribution < -0.4 is 9.80 Å². The van der Waals surface area contributed by atoms with E-state index < -0.39 is 0 Å². The monoisotopic (exact) mass is 869 g/mol. The maximum atomic E-state index is 6.49. The summed E-state index contributed by atoms with van der Waals surface area (Å²) in [6, 6.07) is 93.5. The van der Waals surface area contributed by atoms with E-state index in [0.29, 0.717) is 0 Å². The molecule has 0 fully saturated rings. The van der Waals surface area contributed by atoms with Crippen molar-refractivity contribution < 1.29 is 4.42 Å². The largest absolute Gasteiger partial charge is 0.455 e. The quantitative estimate of drug-likeness (QED) is 0.144. The van der Waals surface area contributed by atoms with Crippen LogP contribution in [-0.2, 0) is 0 Å². The Morgan fingerprint density at radius 2 is 0.691 bits per heavy atom. The lowest BCUT2D eigenvalue weighted by atomic mass is 10.00. The van der Waals surface area contributed by atoms with Crippen molar-refractivity contribution >= 4 is 88.6 Å². The zero-order valence-corrected chi connectivity index (χ0v) is 37.1. The molecule has 11 aromatic carbocycles.